The minimum Gasteiger partial charge on any atom is -0.497 e. The summed E-state index contributed by atoms with van der Waals surface area (Å²) in [5, 5.41) is 4.22. The Morgan fingerprint density at radius 1 is 1.03 bits per heavy atom. The van der Waals surface area contributed by atoms with E-state index in [1.165, 1.54) is 12.1 Å². The first-order valence-electron chi connectivity index (χ1n) is 9.17. The van der Waals surface area contributed by atoms with Crippen LogP contribution in [0.25, 0.3) is 0 Å². The van der Waals surface area contributed by atoms with E-state index in [1.54, 1.807) is 61.7 Å². The average Bonchev–Trinajstić information content (AvgIpc) is 2.76. The molecule has 0 saturated heterocycles. The Bertz CT molecular complexity index is 1190. The van der Waals surface area contributed by atoms with Crippen LogP contribution in [-0.4, -0.2) is 21.2 Å². The second kappa shape index (κ2) is 12.0. The Labute approximate surface area is 194 Å². The van der Waals surface area contributed by atoms with Gasteiger partial charge in [0.1, 0.15) is 18.1 Å². The predicted octanol–water partition coefficient (Wildman–Crippen LogP) is 5.96. The van der Waals surface area contributed by atoms with Crippen LogP contribution in [0.3, 0.4) is 0 Å². The number of benzene rings is 3. The van der Waals surface area contributed by atoms with Gasteiger partial charge in [0.25, 0.3) is 0 Å². The zero-order valence-electron chi connectivity index (χ0n) is 17.1. The number of hydrogen-bond acceptors (Lipinski definition) is 6. The lowest BCUT2D eigenvalue weighted by molar-refractivity contribution is -0.137. The van der Waals surface area contributed by atoms with Crippen molar-refractivity contribution < 1.29 is 31.2 Å². The van der Waals surface area contributed by atoms with Gasteiger partial charge in [0.15, 0.2) is 0 Å². The van der Waals surface area contributed by atoms with Crippen LogP contribution in [-0.2, 0) is 28.1 Å². The maximum absolute atomic E-state index is 13.6. The maximum atomic E-state index is 13.6. The van der Waals surface area contributed by atoms with Gasteiger partial charge in [-0.3, -0.25) is 0 Å². The summed E-state index contributed by atoms with van der Waals surface area (Å²) in [6.45, 7) is 0.0856. The largest absolute Gasteiger partial charge is 0.497 e. The Kier molecular flexibility index (Phi) is 9.43. The maximum Gasteiger partial charge on any atom is 0.417 e. The first-order valence-corrected chi connectivity index (χ1v) is 10.6. The molecule has 0 aliphatic heterocycles. The Balaban J connectivity index is 0.000000890. The van der Waals surface area contributed by atoms with E-state index < -0.39 is 22.2 Å². The molecule has 0 aliphatic rings. The number of rotatable bonds is 6. The third kappa shape index (κ3) is 8.24. The molecule has 0 radical (unpaired) electrons. The quantitative estimate of drug-likeness (QED) is 0.335. The third-order valence-corrected chi connectivity index (χ3v) is 4.37. The Hall–Kier alpha value is -3.37. The third-order valence-electron chi connectivity index (χ3n) is 4.14. The van der Waals surface area contributed by atoms with Crippen LogP contribution in [0, 0.1) is 4.78 Å². The van der Waals surface area contributed by atoms with Gasteiger partial charge in [-0.05, 0) is 35.9 Å². The number of halogens is 4. The van der Waals surface area contributed by atoms with Crippen LogP contribution in [0.2, 0.25) is 5.02 Å². The zero-order valence-corrected chi connectivity index (χ0v) is 18.7. The lowest BCUT2D eigenvalue weighted by atomic mass is 9.97. The highest BCUT2D eigenvalue weighted by molar-refractivity contribution is 7.60. The van der Waals surface area contributed by atoms with Gasteiger partial charge >= 0.3 is 16.7 Å². The van der Waals surface area contributed by atoms with Crippen molar-refractivity contribution in [2.75, 3.05) is 7.11 Å². The minimum absolute atomic E-state index is 0.0499. The van der Waals surface area contributed by atoms with E-state index in [4.69, 9.17) is 34.4 Å². The van der Waals surface area contributed by atoms with E-state index in [2.05, 4.69) is 5.16 Å². The van der Waals surface area contributed by atoms with E-state index >= 15 is 0 Å². The number of alkyl halides is 3. The molecule has 0 heterocycles. The zero-order chi connectivity index (χ0) is 24.4. The first kappa shape index (κ1) is 25.9. The number of oxime groups is 1. The molecular formula is C22H18ClF3N2O4S. The van der Waals surface area contributed by atoms with Crippen molar-refractivity contribution >= 4 is 27.8 Å². The van der Waals surface area contributed by atoms with Gasteiger partial charge in [-0.25, -0.2) is 0 Å². The van der Waals surface area contributed by atoms with Crippen LogP contribution in [0.4, 0.5) is 13.2 Å². The van der Waals surface area contributed by atoms with Crippen molar-refractivity contribution in [1.29, 1.82) is 4.78 Å². The van der Waals surface area contributed by atoms with Crippen LogP contribution in [0.15, 0.2) is 78.0 Å². The molecule has 174 valence electrons. The monoisotopic (exact) mass is 498 g/mol. The molecule has 6 nitrogen and oxygen atoms in total. The standard InChI is InChI=1S/C22H17ClF3NO2.HNO2S/c1-28-18-10-7-15(8-11-18)14-29-27-21(16-5-3-2-4-6-16)19-13-17(23)9-12-20(19)22(24,25)26;1-4(2)3/h2-13H,14H2,1H3;1H/b27-21+;. The lowest BCUT2D eigenvalue weighted by Crippen LogP contribution is -2.15. The van der Waals surface area contributed by atoms with Gasteiger partial charge in [-0.2, -0.15) is 26.4 Å². The van der Waals surface area contributed by atoms with Crippen molar-refractivity contribution in [1.82, 2.24) is 0 Å². The highest BCUT2D eigenvalue weighted by atomic mass is 35.5. The molecule has 3 aromatic rings. The number of ether oxygens (including phenoxy) is 1. The normalized spacial score (nSPS) is 11.2. The van der Waals surface area contributed by atoms with Gasteiger partial charge in [-0.1, -0.05) is 59.2 Å². The molecule has 0 atom stereocenters. The molecule has 33 heavy (non-hydrogen) atoms. The van der Waals surface area contributed by atoms with Crippen LogP contribution in [0.5, 0.6) is 5.75 Å². The molecule has 0 bridgehead atoms. The van der Waals surface area contributed by atoms with Crippen LogP contribution >= 0.6 is 11.6 Å². The SMILES string of the molecule is COc1ccc(CO/N=C(\c2ccccc2)c2cc(Cl)ccc2C(F)(F)F)cc1.N=S(=O)=O. The second-order valence-corrected chi connectivity index (χ2v) is 7.26. The highest BCUT2D eigenvalue weighted by Crippen LogP contribution is 2.34. The Morgan fingerprint density at radius 3 is 2.18 bits per heavy atom. The van der Waals surface area contributed by atoms with Crippen molar-refractivity contribution in [3.8, 4) is 5.75 Å². The number of nitrogens with one attached hydrogen (secondary N) is 1. The molecule has 3 aromatic carbocycles. The molecule has 1 N–H and O–H groups in total. The smallest absolute Gasteiger partial charge is 0.417 e. The van der Waals surface area contributed by atoms with Gasteiger partial charge < -0.3 is 9.57 Å². The van der Waals surface area contributed by atoms with E-state index in [1.807, 2.05) is 0 Å². The first-order chi connectivity index (χ1) is 15.6. The molecule has 0 aromatic heterocycles. The number of hydrogen-bond donors (Lipinski definition) is 1. The molecule has 0 fully saturated rings. The molecule has 0 spiro atoms. The molecular weight excluding hydrogens is 481 g/mol. The summed E-state index contributed by atoms with van der Waals surface area (Å²) >= 11 is 5.98. The fraction of sp³-hybridized carbons (Fsp3) is 0.136. The predicted molar refractivity (Wildman–Crippen MR) is 118 cm³/mol. The summed E-state index contributed by atoms with van der Waals surface area (Å²) in [6, 6.07) is 19.0. The summed E-state index contributed by atoms with van der Waals surface area (Å²) in [7, 11) is -1.05. The van der Waals surface area contributed by atoms with E-state index in [0.29, 0.717) is 11.3 Å². The van der Waals surface area contributed by atoms with E-state index in [-0.39, 0.29) is 22.9 Å². The van der Waals surface area contributed by atoms with Crippen molar-refractivity contribution in [2.24, 2.45) is 5.16 Å². The van der Waals surface area contributed by atoms with Crippen molar-refractivity contribution in [3.05, 3.63) is 100 Å². The highest BCUT2D eigenvalue weighted by Gasteiger charge is 2.35. The lowest BCUT2D eigenvalue weighted by Gasteiger charge is -2.15. The van der Waals surface area contributed by atoms with Gasteiger partial charge in [0, 0.05) is 16.1 Å². The summed E-state index contributed by atoms with van der Waals surface area (Å²) in [6.07, 6.45) is -4.56. The van der Waals surface area contributed by atoms with Crippen LogP contribution < -0.4 is 4.74 Å². The minimum atomic E-state index is -4.56. The fourth-order valence-electron chi connectivity index (χ4n) is 2.71. The molecule has 0 aliphatic carbocycles. The van der Waals surface area contributed by atoms with Gasteiger partial charge in [0.2, 0.25) is 0 Å². The molecule has 3 rings (SSSR count). The summed E-state index contributed by atoms with van der Waals surface area (Å²) in [5.41, 5.74) is 0.344. The molecule has 11 heteroatoms. The Morgan fingerprint density at radius 2 is 1.64 bits per heavy atom. The fourth-order valence-corrected chi connectivity index (χ4v) is 2.88. The molecule has 0 saturated carbocycles. The van der Waals surface area contributed by atoms with Gasteiger partial charge in [0.05, 0.1) is 12.7 Å². The molecule has 0 unspecified atom stereocenters. The summed E-state index contributed by atoms with van der Waals surface area (Å²) in [5.74, 6) is 0.691. The summed E-state index contributed by atoms with van der Waals surface area (Å²) < 4.78 is 68.6. The van der Waals surface area contributed by atoms with Gasteiger partial charge in [-0.15, -0.1) is 0 Å². The summed E-state index contributed by atoms with van der Waals surface area (Å²) in [4.78, 5) is 5.41. The number of methoxy groups -OCH3 is 1. The topological polar surface area (TPSA) is 88.8 Å². The average molecular weight is 499 g/mol. The molecule has 0 amide bonds. The van der Waals surface area contributed by atoms with E-state index in [0.717, 1.165) is 11.6 Å². The van der Waals surface area contributed by atoms with Crippen molar-refractivity contribution in [3.63, 3.8) is 0 Å². The second-order valence-electron chi connectivity index (χ2n) is 6.35. The number of nitrogens with zero attached hydrogens (tertiary/aromatic N) is 1. The van der Waals surface area contributed by atoms with Crippen molar-refractivity contribution in [2.45, 2.75) is 12.8 Å². The van der Waals surface area contributed by atoms with Crippen LogP contribution in [0.1, 0.15) is 22.3 Å². The van der Waals surface area contributed by atoms with E-state index in [9.17, 15) is 13.2 Å².